The number of benzene rings is 2. The van der Waals surface area contributed by atoms with E-state index in [0.29, 0.717) is 22.8 Å². The highest BCUT2D eigenvalue weighted by Gasteiger charge is 2.13. The fourth-order valence-corrected chi connectivity index (χ4v) is 2.49. The molecule has 0 bridgehead atoms. The van der Waals surface area contributed by atoms with E-state index < -0.39 is 5.97 Å². The molecule has 0 radical (unpaired) electrons. The highest BCUT2D eigenvalue weighted by Crippen LogP contribution is 2.34. The molecule has 0 unspecified atom stereocenters. The second kappa shape index (κ2) is 8.75. The number of nitrogens with one attached hydrogen (secondary N) is 1. The predicted molar refractivity (Wildman–Crippen MR) is 95.1 cm³/mol. The van der Waals surface area contributed by atoms with Crippen LogP contribution in [0.5, 0.6) is 17.2 Å². The summed E-state index contributed by atoms with van der Waals surface area (Å²) in [6.45, 7) is 0.237. The second-order valence-electron chi connectivity index (χ2n) is 5.48. The molecule has 0 spiro atoms. The smallest absolute Gasteiger partial charge is 0.335 e. The van der Waals surface area contributed by atoms with Crippen LogP contribution in [0.2, 0.25) is 0 Å². The number of carbonyl (C=O) groups is 2. The van der Waals surface area contributed by atoms with E-state index in [1.54, 1.807) is 24.3 Å². The molecule has 0 aromatic heterocycles. The highest BCUT2D eigenvalue weighted by atomic mass is 16.5. The lowest BCUT2D eigenvalue weighted by Crippen LogP contribution is -2.25. The van der Waals surface area contributed by atoms with Crippen molar-refractivity contribution in [2.45, 2.75) is 13.0 Å². The maximum absolute atomic E-state index is 12.2. The SMILES string of the molecule is COc1cc(OC)c(OC)cc1CNC(=O)Cc1cccc(C(=O)O)c1. The Bertz CT molecular complexity index is 803. The van der Waals surface area contributed by atoms with Crippen LogP contribution in [0.25, 0.3) is 0 Å². The molecular weight excluding hydrogens is 338 g/mol. The summed E-state index contributed by atoms with van der Waals surface area (Å²) < 4.78 is 15.8. The second-order valence-corrected chi connectivity index (χ2v) is 5.48. The first-order chi connectivity index (χ1) is 12.5. The van der Waals surface area contributed by atoms with Gasteiger partial charge in [-0.2, -0.15) is 0 Å². The number of carboxylic acid groups (broad SMARTS) is 1. The van der Waals surface area contributed by atoms with E-state index in [1.807, 2.05) is 0 Å². The average molecular weight is 359 g/mol. The molecule has 0 aliphatic heterocycles. The molecule has 0 saturated carbocycles. The minimum atomic E-state index is -1.03. The third-order valence-corrected chi connectivity index (χ3v) is 3.80. The van der Waals surface area contributed by atoms with Crippen molar-refractivity contribution in [3.8, 4) is 17.2 Å². The average Bonchev–Trinajstić information content (AvgIpc) is 2.65. The Kier molecular flexibility index (Phi) is 6.43. The van der Waals surface area contributed by atoms with Crippen LogP contribution in [0.1, 0.15) is 21.5 Å². The predicted octanol–water partition coefficient (Wildman–Crippen LogP) is 2.27. The van der Waals surface area contributed by atoms with Crippen molar-refractivity contribution in [2.75, 3.05) is 21.3 Å². The molecule has 138 valence electrons. The maximum Gasteiger partial charge on any atom is 0.335 e. The largest absolute Gasteiger partial charge is 0.496 e. The fourth-order valence-electron chi connectivity index (χ4n) is 2.49. The van der Waals surface area contributed by atoms with Crippen molar-refractivity contribution >= 4 is 11.9 Å². The van der Waals surface area contributed by atoms with E-state index in [-0.39, 0.29) is 24.4 Å². The number of methoxy groups -OCH3 is 3. The zero-order valence-electron chi connectivity index (χ0n) is 14.9. The summed E-state index contributed by atoms with van der Waals surface area (Å²) in [7, 11) is 4.59. The molecule has 0 aliphatic carbocycles. The van der Waals surface area contributed by atoms with Crippen molar-refractivity contribution in [1.82, 2.24) is 5.32 Å². The fraction of sp³-hybridized carbons (Fsp3) is 0.263. The summed E-state index contributed by atoms with van der Waals surface area (Å²) >= 11 is 0. The van der Waals surface area contributed by atoms with Crippen molar-refractivity contribution in [3.05, 3.63) is 53.1 Å². The standard InChI is InChI=1S/C19H21NO6/c1-24-15-10-17(26-3)16(25-2)9-14(15)11-20-18(21)8-12-5-4-6-13(7-12)19(22)23/h4-7,9-10H,8,11H2,1-3H3,(H,20,21)(H,22,23). The van der Waals surface area contributed by atoms with Crippen LogP contribution in [0.4, 0.5) is 0 Å². The molecule has 7 heteroatoms. The number of rotatable bonds is 8. The first-order valence-corrected chi connectivity index (χ1v) is 7.86. The highest BCUT2D eigenvalue weighted by molar-refractivity contribution is 5.88. The minimum absolute atomic E-state index is 0.0801. The third-order valence-electron chi connectivity index (χ3n) is 3.80. The van der Waals surface area contributed by atoms with Gasteiger partial charge >= 0.3 is 5.97 Å². The molecule has 2 aromatic rings. The van der Waals surface area contributed by atoms with Gasteiger partial charge in [0.05, 0.1) is 33.3 Å². The van der Waals surface area contributed by atoms with Crippen LogP contribution in [-0.2, 0) is 17.8 Å². The maximum atomic E-state index is 12.2. The Hall–Kier alpha value is -3.22. The zero-order chi connectivity index (χ0) is 19.1. The lowest BCUT2D eigenvalue weighted by Gasteiger charge is -2.14. The van der Waals surface area contributed by atoms with Gasteiger partial charge in [0.2, 0.25) is 5.91 Å². The van der Waals surface area contributed by atoms with Gasteiger partial charge < -0.3 is 24.6 Å². The Labute approximate surface area is 151 Å². The molecule has 2 aromatic carbocycles. The molecule has 7 nitrogen and oxygen atoms in total. The van der Waals surface area contributed by atoms with E-state index in [4.69, 9.17) is 19.3 Å². The lowest BCUT2D eigenvalue weighted by atomic mass is 10.1. The quantitative estimate of drug-likeness (QED) is 0.751. The van der Waals surface area contributed by atoms with Crippen LogP contribution in [0.15, 0.2) is 36.4 Å². The number of carbonyl (C=O) groups excluding carboxylic acids is 1. The molecule has 0 aliphatic rings. The van der Waals surface area contributed by atoms with Crippen LogP contribution < -0.4 is 19.5 Å². The Morgan fingerprint density at radius 3 is 2.23 bits per heavy atom. The van der Waals surface area contributed by atoms with Crippen LogP contribution in [0.3, 0.4) is 0 Å². The third kappa shape index (κ3) is 4.66. The summed E-state index contributed by atoms with van der Waals surface area (Å²) in [5.41, 5.74) is 1.51. The number of ether oxygens (including phenoxy) is 3. The van der Waals surface area contributed by atoms with Crippen molar-refractivity contribution in [2.24, 2.45) is 0 Å². The van der Waals surface area contributed by atoms with Gasteiger partial charge in [-0.15, -0.1) is 0 Å². The van der Waals surface area contributed by atoms with Crippen molar-refractivity contribution in [3.63, 3.8) is 0 Å². The number of aromatic carboxylic acids is 1. The number of carboxylic acids is 1. The van der Waals surface area contributed by atoms with Crippen molar-refractivity contribution in [1.29, 1.82) is 0 Å². The summed E-state index contributed by atoms with van der Waals surface area (Å²) in [5, 5.41) is 11.8. The van der Waals surface area contributed by atoms with Gasteiger partial charge in [-0.3, -0.25) is 4.79 Å². The first-order valence-electron chi connectivity index (χ1n) is 7.86. The van der Waals surface area contributed by atoms with Gasteiger partial charge in [0.15, 0.2) is 11.5 Å². The molecule has 1 amide bonds. The molecule has 0 saturated heterocycles. The van der Waals surface area contributed by atoms with E-state index in [0.717, 1.165) is 5.56 Å². The van der Waals surface area contributed by atoms with Gasteiger partial charge in [-0.05, 0) is 23.8 Å². The molecule has 2 rings (SSSR count). The summed E-state index contributed by atoms with van der Waals surface area (Å²) in [6, 6.07) is 9.73. The van der Waals surface area contributed by atoms with E-state index in [9.17, 15) is 9.59 Å². The minimum Gasteiger partial charge on any atom is -0.496 e. The van der Waals surface area contributed by atoms with E-state index in [1.165, 1.54) is 33.5 Å². The van der Waals surface area contributed by atoms with E-state index in [2.05, 4.69) is 5.32 Å². The van der Waals surface area contributed by atoms with Gasteiger partial charge in [-0.25, -0.2) is 4.79 Å². The number of hydrogen-bond donors (Lipinski definition) is 2. The molecular formula is C19H21NO6. The number of amides is 1. The lowest BCUT2D eigenvalue weighted by molar-refractivity contribution is -0.120. The summed E-state index contributed by atoms with van der Waals surface area (Å²) in [5.74, 6) is 0.374. The summed E-state index contributed by atoms with van der Waals surface area (Å²) in [4.78, 5) is 23.2. The van der Waals surface area contributed by atoms with Crippen LogP contribution >= 0.6 is 0 Å². The molecule has 0 heterocycles. The van der Waals surface area contributed by atoms with E-state index >= 15 is 0 Å². The zero-order valence-corrected chi connectivity index (χ0v) is 14.9. The van der Waals surface area contributed by atoms with Crippen LogP contribution in [-0.4, -0.2) is 38.3 Å². The Morgan fingerprint density at radius 1 is 0.962 bits per heavy atom. The summed E-state index contributed by atoms with van der Waals surface area (Å²) in [6.07, 6.45) is 0.0801. The Balaban J connectivity index is 2.07. The number of hydrogen-bond acceptors (Lipinski definition) is 5. The van der Waals surface area contributed by atoms with Crippen LogP contribution in [0, 0.1) is 0 Å². The molecule has 0 atom stereocenters. The van der Waals surface area contributed by atoms with Gasteiger partial charge in [0, 0.05) is 18.2 Å². The molecule has 0 fully saturated rings. The van der Waals surface area contributed by atoms with Gasteiger partial charge in [0.25, 0.3) is 0 Å². The topological polar surface area (TPSA) is 94.1 Å². The van der Waals surface area contributed by atoms with Gasteiger partial charge in [0.1, 0.15) is 5.75 Å². The Morgan fingerprint density at radius 2 is 1.62 bits per heavy atom. The van der Waals surface area contributed by atoms with Gasteiger partial charge in [-0.1, -0.05) is 12.1 Å². The molecule has 26 heavy (non-hydrogen) atoms. The monoisotopic (exact) mass is 359 g/mol. The first kappa shape index (κ1) is 19.1. The normalized spacial score (nSPS) is 10.1. The van der Waals surface area contributed by atoms with Crippen molar-refractivity contribution < 1.29 is 28.9 Å². The molecule has 2 N–H and O–H groups in total.